The fraction of sp³-hybridized carbons (Fsp3) is 0.280. The summed E-state index contributed by atoms with van der Waals surface area (Å²) in [6.07, 6.45) is 0. The largest absolute Gasteiger partial charge is 0.465 e. The van der Waals surface area contributed by atoms with E-state index < -0.39 is 11.8 Å². The summed E-state index contributed by atoms with van der Waals surface area (Å²) >= 11 is 13.1. The van der Waals surface area contributed by atoms with Crippen molar-refractivity contribution < 1.29 is 13.9 Å². The molecule has 1 N–H and O–H groups in total. The van der Waals surface area contributed by atoms with Crippen molar-refractivity contribution in [3.63, 3.8) is 0 Å². The lowest BCUT2D eigenvalue weighted by atomic mass is 10.0. The second-order valence-corrected chi connectivity index (χ2v) is 10.1. The minimum absolute atomic E-state index is 0.143. The van der Waals surface area contributed by atoms with Crippen LogP contribution in [-0.4, -0.2) is 54.2 Å². The Morgan fingerprint density at radius 2 is 1.88 bits per heavy atom. The van der Waals surface area contributed by atoms with E-state index in [-0.39, 0.29) is 5.02 Å². The first-order valence-electron chi connectivity index (χ1n) is 10.9. The maximum atomic E-state index is 13.4. The molecule has 34 heavy (non-hydrogen) atoms. The van der Waals surface area contributed by atoms with Crippen LogP contribution in [0.1, 0.15) is 20.8 Å². The van der Waals surface area contributed by atoms with Crippen LogP contribution < -0.4 is 5.32 Å². The smallest absolute Gasteiger partial charge is 0.341 e. The maximum Gasteiger partial charge on any atom is 0.341 e. The number of anilines is 1. The van der Waals surface area contributed by atoms with Gasteiger partial charge < -0.3 is 15.0 Å². The zero-order valence-corrected chi connectivity index (χ0v) is 21.3. The lowest BCUT2D eigenvalue weighted by Crippen LogP contribution is -2.49. The summed E-state index contributed by atoms with van der Waals surface area (Å²) in [5.41, 5.74) is 3.31. The van der Waals surface area contributed by atoms with E-state index in [9.17, 15) is 9.18 Å². The van der Waals surface area contributed by atoms with E-state index in [1.54, 1.807) is 12.1 Å². The number of hydrogen-bond acceptors (Lipinski definition) is 5. The fourth-order valence-electron chi connectivity index (χ4n) is 4.06. The van der Waals surface area contributed by atoms with Gasteiger partial charge in [0.05, 0.1) is 12.1 Å². The van der Waals surface area contributed by atoms with Crippen molar-refractivity contribution in [2.24, 2.45) is 0 Å². The number of ether oxygens (including phenoxy) is 1. The third-order valence-corrected chi connectivity index (χ3v) is 7.48. The summed E-state index contributed by atoms with van der Waals surface area (Å²) in [7, 11) is 1.39. The number of halogens is 2. The minimum Gasteiger partial charge on any atom is -0.465 e. The minimum atomic E-state index is -0.405. The molecule has 1 fully saturated rings. The monoisotopic (exact) mass is 517 g/mol. The van der Waals surface area contributed by atoms with Crippen LogP contribution in [0.3, 0.4) is 0 Å². The number of aryl methyl sites for hydroxylation is 1. The first kappa shape index (κ1) is 24.6. The van der Waals surface area contributed by atoms with Gasteiger partial charge in [-0.25, -0.2) is 9.18 Å². The van der Waals surface area contributed by atoms with E-state index in [1.807, 2.05) is 37.3 Å². The van der Waals surface area contributed by atoms with E-state index >= 15 is 0 Å². The van der Waals surface area contributed by atoms with Gasteiger partial charge in [0.15, 0.2) is 5.11 Å². The van der Waals surface area contributed by atoms with Crippen LogP contribution in [0, 0.1) is 12.7 Å². The molecule has 0 bridgehead atoms. The lowest BCUT2D eigenvalue weighted by Gasteiger charge is -2.36. The number of thiophene rings is 1. The number of benzene rings is 2. The molecule has 0 saturated carbocycles. The summed E-state index contributed by atoms with van der Waals surface area (Å²) < 4.78 is 18.5. The number of hydrogen-bond donors (Lipinski definition) is 1. The maximum absolute atomic E-state index is 13.4. The Morgan fingerprint density at radius 1 is 1.18 bits per heavy atom. The van der Waals surface area contributed by atoms with E-state index in [2.05, 4.69) is 15.1 Å². The zero-order chi connectivity index (χ0) is 24.2. The Hall–Kier alpha value is -2.52. The van der Waals surface area contributed by atoms with E-state index in [0.29, 0.717) is 22.2 Å². The van der Waals surface area contributed by atoms with Crippen molar-refractivity contribution in [2.75, 3.05) is 38.6 Å². The highest BCUT2D eigenvalue weighted by Crippen LogP contribution is 2.40. The molecule has 0 atom stereocenters. The van der Waals surface area contributed by atoms with Crippen LogP contribution in [0.25, 0.3) is 11.1 Å². The Labute approximate surface area is 213 Å². The van der Waals surface area contributed by atoms with E-state index in [1.165, 1.54) is 24.5 Å². The molecule has 0 radical (unpaired) electrons. The summed E-state index contributed by atoms with van der Waals surface area (Å²) in [5.74, 6) is -0.798. The molecule has 0 unspecified atom stereocenters. The highest BCUT2D eigenvalue weighted by molar-refractivity contribution is 7.80. The summed E-state index contributed by atoms with van der Waals surface area (Å²) in [5, 5.41) is 4.72. The van der Waals surface area contributed by atoms with Gasteiger partial charge in [0.25, 0.3) is 0 Å². The molecule has 1 aromatic heterocycles. The molecule has 3 aromatic rings. The Kier molecular flexibility index (Phi) is 7.83. The normalized spacial score (nSPS) is 14.2. The summed E-state index contributed by atoms with van der Waals surface area (Å²) in [4.78, 5) is 18.1. The van der Waals surface area contributed by atoms with E-state index in [4.69, 9.17) is 28.6 Å². The van der Waals surface area contributed by atoms with Crippen molar-refractivity contribution in [3.05, 3.63) is 75.4 Å². The fourth-order valence-corrected chi connectivity index (χ4v) is 5.68. The number of esters is 1. The Bertz CT molecular complexity index is 1190. The van der Waals surface area contributed by atoms with Crippen LogP contribution in [0.4, 0.5) is 9.39 Å². The molecule has 5 nitrogen and oxygen atoms in total. The Morgan fingerprint density at radius 3 is 2.53 bits per heavy atom. The van der Waals surface area contributed by atoms with Crippen LogP contribution in [-0.2, 0) is 11.3 Å². The second kappa shape index (κ2) is 10.8. The first-order chi connectivity index (χ1) is 16.4. The molecule has 178 valence electrons. The molecule has 1 aliphatic rings. The zero-order valence-electron chi connectivity index (χ0n) is 18.9. The average Bonchev–Trinajstić information content (AvgIpc) is 3.17. The first-order valence-corrected chi connectivity index (χ1v) is 12.5. The third kappa shape index (κ3) is 5.41. The van der Waals surface area contributed by atoms with Crippen LogP contribution in [0.5, 0.6) is 0 Å². The standard InChI is InChI=1S/C25H25ClFN3O2S2/c1-16-21(18-6-4-3-5-7-18)22(24(31)32-2)23(34-16)28-25(33)30-12-10-29(11-13-30)15-17-8-9-20(27)19(26)14-17/h3-9,14H,10-13,15H2,1-2H3,(H,28,33). The van der Waals surface area contributed by atoms with Crippen molar-refractivity contribution in [1.82, 2.24) is 9.80 Å². The van der Waals surface area contributed by atoms with Gasteiger partial charge in [0.1, 0.15) is 16.4 Å². The van der Waals surface area contributed by atoms with Gasteiger partial charge >= 0.3 is 5.97 Å². The van der Waals surface area contributed by atoms with Gasteiger partial charge in [-0.05, 0) is 42.4 Å². The van der Waals surface area contributed by atoms with Gasteiger partial charge in [0.2, 0.25) is 0 Å². The van der Waals surface area contributed by atoms with Gasteiger partial charge in [-0.2, -0.15) is 0 Å². The van der Waals surface area contributed by atoms with Crippen molar-refractivity contribution in [3.8, 4) is 11.1 Å². The number of piperazine rings is 1. The summed E-state index contributed by atoms with van der Waals surface area (Å²) in [6.45, 7) is 5.78. The number of nitrogens with zero attached hydrogens (tertiary/aromatic N) is 2. The van der Waals surface area contributed by atoms with Crippen LogP contribution >= 0.6 is 35.2 Å². The molecule has 2 aromatic carbocycles. The number of thiocarbonyl (C=S) groups is 1. The molecule has 9 heteroatoms. The molecule has 1 saturated heterocycles. The van der Waals surface area contributed by atoms with Gasteiger partial charge in [0, 0.05) is 43.2 Å². The molecule has 2 heterocycles. The predicted molar refractivity (Wildman–Crippen MR) is 140 cm³/mol. The number of methoxy groups -OCH3 is 1. The van der Waals surface area contributed by atoms with Crippen LogP contribution in [0.15, 0.2) is 48.5 Å². The highest BCUT2D eigenvalue weighted by Gasteiger charge is 2.26. The highest BCUT2D eigenvalue weighted by atomic mass is 35.5. The number of carbonyl (C=O) groups is 1. The van der Waals surface area contributed by atoms with Crippen molar-refractivity contribution in [1.29, 1.82) is 0 Å². The molecule has 0 amide bonds. The quantitative estimate of drug-likeness (QED) is 0.340. The molecule has 4 rings (SSSR count). The van der Waals surface area contributed by atoms with Crippen molar-refractivity contribution >= 4 is 51.2 Å². The van der Waals surface area contributed by atoms with Crippen LogP contribution in [0.2, 0.25) is 5.02 Å². The molecular weight excluding hydrogens is 493 g/mol. The third-order valence-electron chi connectivity index (χ3n) is 5.81. The number of nitrogens with one attached hydrogen (secondary N) is 1. The second-order valence-electron chi connectivity index (χ2n) is 8.04. The number of rotatable bonds is 5. The topological polar surface area (TPSA) is 44.8 Å². The van der Waals surface area contributed by atoms with Crippen molar-refractivity contribution in [2.45, 2.75) is 13.5 Å². The SMILES string of the molecule is COC(=O)c1c(NC(=S)N2CCN(Cc3ccc(F)c(Cl)c3)CC2)sc(C)c1-c1ccccc1. The van der Waals surface area contributed by atoms with Gasteiger partial charge in [-0.15, -0.1) is 11.3 Å². The molecule has 1 aliphatic heterocycles. The Balaban J connectivity index is 1.44. The van der Waals surface area contributed by atoms with Gasteiger partial charge in [-0.1, -0.05) is 48.0 Å². The predicted octanol–water partition coefficient (Wildman–Crippen LogP) is 5.82. The molecule has 0 spiro atoms. The van der Waals surface area contributed by atoms with Gasteiger partial charge in [-0.3, -0.25) is 4.90 Å². The molecular formula is C25H25ClFN3O2S2. The summed E-state index contributed by atoms with van der Waals surface area (Å²) in [6, 6.07) is 14.6. The molecule has 0 aliphatic carbocycles. The number of carbonyl (C=O) groups excluding carboxylic acids is 1. The van der Waals surface area contributed by atoms with E-state index in [0.717, 1.165) is 47.7 Å². The lowest BCUT2D eigenvalue weighted by molar-refractivity contribution is 0.0603. The average molecular weight is 518 g/mol.